The summed E-state index contributed by atoms with van der Waals surface area (Å²) in [5.41, 5.74) is 1.40. The van der Waals surface area contributed by atoms with Crippen LogP contribution >= 0.6 is 0 Å². The number of oxazole rings is 1. The molecule has 1 aliphatic heterocycles. The summed E-state index contributed by atoms with van der Waals surface area (Å²) < 4.78 is 5.86. The monoisotopic (exact) mass is 340 g/mol. The van der Waals surface area contributed by atoms with Crippen LogP contribution in [0.4, 0.5) is 0 Å². The van der Waals surface area contributed by atoms with Crippen molar-refractivity contribution in [1.29, 1.82) is 0 Å². The number of carbonyl (C=O) groups is 1. The minimum Gasteiger partial charge on any atom is -0.478 e. The second-order valence-electron chi connectivity index (χ2n) is 7.32. The molecule has 0 unspecified atom stereocenters. The fourth-order valence-electron chi connectivity index (χ4n) is 3.71. The molecule has 2 aliphatic rings. The van der Waals surface area contributed by atoms with Crippen LogP contribution in [0.2, 0.25) is 0 Å². The van der Waals surface area contributed by atoms with Gasteiger partial charge in [0.05, 0.1) is 18.3 Å². The lowest BCUT2D eigenvalue weighted by molar-refractivity contribution is 0.0695. The lowest BCUT2D eigenvalue weighted by Crippen LogP contribution is -2.34. The van der Waals surface area contributed by atoms with Crippen LogP contribution in [-0.2, 0) is 13.0 Å². The van der Waals surface area contributed by atoms with Gasteiger partial charge in [0, 0.05) is 5.92 Å². The van der Waals surface area contributed by atoms with Gasteiger partial charge in [-0.2, -0.15) is 0 Å². The number of hydrogen-bond acceptors (Lipinski definition) is 4. The Morgan fingerprint density at radius 3 is 2.68 bits per heavy atom. The maximum absolute atomic E-state index is 11.3. The van der Waals surface area contributed by atoms with E-state index in [9.17, 15) is 9.90 Å². The number of rotatable bonds is 6. The Hall–Kier alpha value is -2.14. The van der Waals surface area contributed by atoms with Gasteiger partial charge in [-0.3, -0.25) is 4.90 Å². The van der Waals surface area contributed by atoms with E-state index in [0.29, 0.717) is 17.4 Å². The van der Waals surface area contributed by atoms with Gasteiger partial charge < -0.3 is 9.52 Å². The Balaban J connectivity index is 1.30. The lowest BCUT2D eigenvalue weighted by atomic mass is 9.88. The molecule has 5 nitrogen and oxygen atoms in total. The van der Waals surface area contributed by atoms with Crippen LogP contribution < -0.4 is 0 Å². The largest absolute Gasteiger partial charge is 0.478 e. The van der Waals surface area contributed by atoms with Crippen molar-refractivity contribution in [2.75, 3.05) is 13.1 Å². The number of carboxylic acids is 1. The smallest absolute Gasteiger partial charge is 0.335 e. The van der Waals surface area contributed by atoms with Gasteiger partial charge in [-0.25, -0.2) is 9.78 Å². The SMILES string of the molecule is O=C(O)c1ccccc1CC1CCN(Cc2ncc(C3CC3)o2)CC1. The van der Waals surface area contributed by atoms with E-state index in [1.54, 1.807) is 12.1 Å². The highest BCUT2D eigenvalue weighted by atomic mass is 16.4. The van der Waals surface area contributed by atoms with Crippen molar-refractivity contribution in [3.63, 3.8) is 0 Å². The first kappa shape index (κ1) is 16.3. The van der Waals surface area contributed by atoms with Crippen molar-refractivity contribution in [1.82, 2.24) is 9.88 Å². The molecule has 1 aromatic heterocycles. The molecule has 1 N–H and O–H groups in total. The molecular weight excluding hydrogens is 316 g/mol. The van der Waals surface area contributed by atoms with E-state index in [4.69, 9.17) is 4.42 Å². The number of piperidine rings is 1. The molecular formula is C20H24N2O3. The van der Waals surface area contributed by atoms with Gasteiger partial charge in [0.15, 0.2) is 0 Å². The molecule has 25 heavy (non-hydrogen) atoms. The summed E-state index contributed by atoms with van der Waals surface area (Å²) in [7, 11) is 0. The van der Waals surface area contributed by atoms with Gasteiger partial charge in [0.2, 0.25) is 5.89 Å². The van der Waals surface area contributed by atoms with Crippen LogP contribution in [-0.4, -0.2) is 34.0 Å². The Kier molecular flexibility index (Phi) is 4.57. The molecule has 4 rings (SSSR count). The summed E-state index contributed by atoms with van der Waals surface area (Å²) >= 11 is 0. The predicted octanol–water partition coefficient (Wildman–Crippen LogP) is 3.70. The average Bonchev–Trinajstić information content (AvgIpc) is 3.37. The second-order valence-corrected chi connectivity index (χ2v) is 7.32. The Morgan fingerprint density at radius 1 is 1.20 bits per heavy atom. The van der Waals surface area contributed by atoms with Crippen LogP contribution in [0, 0.1) is 5.92 Å². The van der Waals surface area contributed by atoms with Crippen molar-refractivity contribution in [2.24, 2.45) is 5.92 Å². The third-order valence-electron chi connectivity index (χ3n) is 5.37. The number of likely N-dealkylation sites (tertiary alicyclic amines) is 1. The van der Waals surface area contributed by atoms with Crippen molar-refractivity contribution in [2.45, 2.75) is 44.6 Å². The highest BCUT2D eigenvalue weighted by Gasteiger charge is 2.28. The molecule has 0 amide bonds. The quantitative estimate of drug-likeness (QED) is 0.868. The van der Waals surface area contributed by atoms with Crippen molar-refractivity contribution < 1.29 is 14.3 Å². The van der Waals surface area contributed by atoms with Gasteiger partial charge in [-0.1, -0.05) is 18.2 Å². The molecule has 5 heteroatoms. The molecule has 0 radical (unpaired) electrons. The number of benzene rings is 1. The van der Waals surface area contributed by atoms with Gasteiger partial charge in [0.1, 0.15) is 5.76 Å². The summed E-state index contributed by atoms with van der Waals surface area (Å²) in [6.45, 7) is 2.81. The van der Waals surface area contributed by atoms with Gasteiger partial charge in [-0.15, -0.1) is 0 Å². The van der Waals surface area contributed by atoms with E-state index in [1.165, 1.54) is 12.8 Å². The number of aromatic nitrogens is 1. The summed E-state index contributed by atoms with van der Waals surface area (Å²) in [4.78, 5) is 18.2. The Bertz CT molecular complexity index is 743. The second kappa shape index (κ2) is 7.00. The van der Waals surface area contributed by atoms with Gasteiger partial charge in [0.25, 0.3) is 0 Å². The molecule has 132 valence electrons. The highest BCUT2D eigenvalue weighted by Crippen LogP contribution is 2.40. The summed E-state index contributed by atoms with van der Waals surface area (Å²) in [5.74, 6) is 2.21. The van der Waals surface area contributed by atoms with E-state index in [2.05, 4.69) is 9.88 Å². The minimum atomic E-state index is -0.830. The third kappa shape index (κ3) is 3.93. The first-order chi connectivity index (χ1) is 12.2. The molecule has 2 fully saturated rings. The molecule has 2 aromatic rings. The Labute approximate surface area is 147 Å². The maximum Gasteiger partial charge on any atom is 0.335 e. The molecule has 1 aliphatic carbocycles. The fraction of sp³-hybridized carbons (Fsp3) is 0.500. The number of carboxylic acid groups (broad SMARTS) is 1. The van der Waals surface area contributed by atoms with Crippen LogP contribution in [0.15, 0.2) is 34.9 Å². The topological polar surface area (TPSA) is 66.6 Å². The van der Waals surface area contributed by atoms with E-state index in [-0.39, 0.29) is 0 Å². The molecule has 1 saturated heterocycles. The Morgan fingerprint density at radius 2 is 1.96 bits per heavy atom. The zero-order valence-electron chi connectivity index (χ0n) is 14.4. The van der Waals surface area contributed by atoms with Crippen molar-refractivity contribution in [3.05, 3.63) is 53.2 Å². The lowest BCUT2D eigenvalue weighted by Gasteiger charge is -2.31. The van der Waals surface area contributed by atoms with Gasteiger partial charge >= 0.3 is 5.97 Å². The average molecular weight is 340 g/mol. The molecule has 2 heterocycles. The number of nitrogens with zero attached hydrogens (tertiary/aromatic N) is 2. The van der Waals surface area contributed by atoms with Crippen LogP contribution in [0.1, 0.15) is 59.2 Å². The molecule has 1 saturated carbocycles. The molecule has 0 atom stereocenters. The first-order valence-corrected chi connectivity index (χ1v) is 9.17. The highest BCUT2D eigenvalue weighted by molar-refractivity contribution is 5.89. The van der Waals surface area contributed by atoms with E-state index < -0.39 is 5.97 Å². The van der Waals surface area contributed by atoms with E-state index in [1.807, 2.05) is 18.3 Å². The molecule has 0 spiro atoms. The van der Waals surface area contributed by atoms with Crippen LogP contribution in [0.3, 0.4) is 0 Å². The standard InChI is InChI=1S/C20H24N2O3/c23-20(24)17-4-2-1-3-16(17)11-14-7-9-22(10-8-14)13-19-21-12-18(25-19)15-5-6-15/h1-4,12,14-15H,5-11,13H2,(H,23,24). The first-order valence-electron chi connectivity index (χ1n) is 9.17. The normalized spacial score (nSPS) is 19.2. The number of aromatic carboxylic acids is 1. The van der Waals surface area contributed by atoms with E-state index in [0.717, 1.165) is 56.1 Å². The third-order valence-corrected chi connectivity index (χ3v) is 5.37. The summed E-state index contributed by atoms with van der Waals surface area (Å²) in [6, 6.07) is 7.37. The summed E-state index contributed by atoms with van der Waals surface area (Å²) in [6.07, 6.45) is 7.38. The number of hydrogen-bond donors (Lipinski definition) is 1. The maximum atomic E-state index is 11.3. The molecule has 1 aromatic carbocycles. The summed E-state index contributed by atoms with van der Waals surface area (Å²) in [5, 5.41) is 9.32. The zero-order valence-corrected chi connectivity index (χ0v) is 14.4. The fourth-order valence-corrected chi connectivity index (χ4v) is 3.71. The van der Waals surface area contributed by atoms with E-state index >= 15 is 0 Å². The molecule has 0 bridgehead atoms. The van der Waals surface area contributed by atoms with Gasteiger partial charge in [-0.05, 0) is 62.7 Å². The predicted molar refractivity (Wildman–Crippen MR) is 93.6 cm³/mol. The zero-order chi connectivity index (χ0) is 17.2. The van der Waals surface area contributed by atoms with Crippen molar-refractivity contribution >= 4 is 5.97 Å². The minimum absolute atomic E-state index is 0.442. The van der Waals surface area contributed by atoms with Crippen LogP contribution in [0.25, 0.3) is 0 Å². The van der Waals surface area contributed by atoms with Crippen LogP contribution in [0.5, 0.6) is 0 Å². The van der Waals surface area contributed by atoms with Crippen molar-refractivity contribution in [3.8, 4) is 0 Å².